The number of anilines is 2. The molecule has 1 saturated heterocycles. The minimum atomic E-state index is -0.295. The van der Waals surface area contributed by atoms with Gasteiger partial charge in [0.1, 0.15) is 0 Å². The van der Waals surface area contributed by atoms with Gasteiger partial charge in [0, 0.05) is 49.5 Å². The Hall–Kier alpha value is -1.75. The highest BCUT2D eigenvalue weighted by Crippen LogP contribution is 2.23. The summed E-state index contributed by atoms with van der Waals surface area (Å²) in [5, 5.41) is 12.6. The van der Waals surface area contributed by atoms with Crippen molar-refractivity contribution in [3.05, 3.63) is 24.3 Å². The van der Waals surface area contributed by atoms with Crippen molar-refractivity contribution >= 4 is 17.3 Å². The molecule has 5 heteroatoms. The largest absolute Gasteiger partial charge is 0.395 e. The second-order valence-electron chi connectivity index (χ2n) is 7.65. The summed E-state index contributed by atoms with van der Waals surface area (Å²) in [6.45, 7) is 8.38. The molecule has 0 saturated carbocycles. The van der Waals surface area contributed by atoms with Crippen LogP contribution >= 0.6 is 0 Å². The van der Waals surface area contributed by atoms with Gasteiger partial charge >= 0.3 is 0 Å². The minimum absolute atomic E-state index is 0.155. The number of piperidine rings is 1. The highest BCUT2D eigenvalue weighted by Gasteiger charge is 2.30. The number of aliphatic hydroxyl groups excluding tert-OH is 1. The number of nitrogens with one attached hydrogen (secondary N) is 1. The summed E-state index contributed by atoms with van der Waals surface area (Å²) in [4.78, 5) is 16.3. The maximum atomic E-state index is 12.3. The molecule has 0 aliphatic carbocycles. The molecule has 2 N–H and O–H groups in total. The maximum absolute atomic E-state index is 12.3. The molecule has 1 aromatic rings. The molecule has 134 valence electrons. The zero-order valence-corrected chi connectivity index (χ0v) is 15.4. The predicted molar refractivity (Wildman–Crippen MR) is 99.5 cm³/mol. The van der Waals surface area contributed by atoms with Crippen LogP contribution in [0.3, 0.4) is 0 Å². The molecule has 1 fully saturated rings. The Morgan fingerprint density at radius 1 is 1.25 bits per heavy atom. The first-order valence-corrected chi connectivity index (χ1v) is 8.79. The number of aliphatic hydroxyl groups is 1. The summed E-state index contributed by atoms with van der Waals surface area (Å²) in [6, 6.07) is 8.70. The Bertz CT molecular complexity index is 529. The summed E-state index contributed by atoms with van der Waals surface area (Å²) in [5.74, 6) is 0.247. The Morgan fingerprint density at radius 2 is 1.83 bits per heavy atom. The molecule has 1 aliphatic heterocycles. The average Bonchev–Trinajstić information content (AvgIpc) is 2.55. The number of carbonyl (C=O) groups is 1. The van der Waals surface area contributed by atoms with Crippen LogP contribution in [0.4, 0.5) is 11.4 Å². The molecule has 0 aromatic heterocycles. The fourth-order valence-corrected chi connectivity index (χ4v) is 3.03. The van der Waals surface area contributed by atoms with E-state index in [0.717, 1.165) is 37.3 Å². The number of amides is 1. The Kier molecular flexibility index (Phi) is 6.10. The topological polar surface area (TPSA) is 55.8 Å². The van der Waals surface area contributed by atoms with E-state index in [4.69, 9.17) is 5.11 Å². The van der Waals surface area contributed by atoms with E-state index in [2.05, 4.69) is 29.6 Å². The van der Waals surface area contributed by atoms with E-state index in [1.54, 1.807) is 0 Å². The first-order valence-electron chi connectivity index (χ1n) is 8.79. The van der Waals surface area contributed by atoms with Gasteiger partial charge in [-0.2, -0.15) is 0 Å². The van der Waals surface area contributed by atoms with E-state index in [0.29, 0.717) is 12.6 Å². The third-order valence-corrected chi connectivity index (χ3v) is 4.54. The maximum Gasteiger partial charge on any atom is 0.227 e. The van der Waals surface area contributed by atoms with Gasteiger partial charge in [-0.1, -0.05) is 20.8 Å². The van der Waals surface area contributed by atoms with Gasteiger partial charge in [0.05, 0.1) is 6.61 Å². The van der Waals surface area contributed by atoms with Crippen LogP contribution in [-0.4, -0.2) is 55.2 Å². The van der Waals surface area contributed by atoms with Gasteiger partial charge in [-0.3, -0.25) is 4.79 Å². The number of rotatable bonds is 5. The van der Waals surface area contributed by atoms with E-state index >= 15 is 0 Å². The van der Waals surface area contributed by atoms with Crippen LogP contribution < -0.4 is 10.2 Å². The van der Waals surface area contributed by atoms with Crippen LogP contribution in [0.1, 0.15) is 33.6 Å². The predicted octanol–water partition coefficient (Wildman–Crippen LogP) is 2.56. The summed E-state index contributed by atoms with van der Waals surface area (Å²) >= 11 is 0. The van der Waals surface area contributed by atoms with Crippen molar-refractivity contribution in [2.45, 2.75) is 39.7 Å². The van der Waals surface area contributed by atoms with Crippen molar-refractivity contribution in [1.29, 1.82) is 0 Å². The summed E-state index contributed by atoms with van der Waals surface area (Å²) in [5.41, 5.74) is 1.91. The first kappa shape index (κ1) is 18.6. The summed E-state index contributed by atoms with van der Waals surface area (Å²) in [6.07, 6.45) is 1.96. The van der Waals surface area contributed by atoms with Crippen molar-refractivity contribution in [1.82, 2.24) is 4.90 Å². The lowest BCUT2D eigenvalue weighted by Gasteiger charge is -2.36. The number of likely N-dealkylation sites (tertiary alicyclic amines) is 1. The van der Waals surface area contributed by atoms with Crippen molar-refractivity contribution in [3.63, 3.8) is 0 Å². The Labute approximate surface area is 145 Å². The van der Waals surface area contributed by atoms with E-state index in [1.807, 2.05) is 37.6 Å². The van der Waals surface area contributed by atoms with Crippen LogP contribution in [-0.2, 0) is 4.79 Å². The van der Waals surface area contributed by atoms with Crippen molar-refractivity contribution in [3.8, 4) is 0 Å². The highest BCUT2D eigenvalue weighted by molar-refractivity contribution is 5.81. The van der Waals surface area contributed by atoms with E-state index in [-0.39, 0.29) is 17.9 Å². The van der Waals surface area contributed by atoms with Gasteiger partial charge in [-0.15, -0.1) is 0 Å². The third-order valence-electron chi connectivity index (χ3n) is 4.54. The summed E-state index contributed by atoms with van der Waals surface area (Å²) in [7, 11) is 1.97. The monoisotopic (exact) mass is 333 g/mol. The molecule has 0 radical (unpaired) electrons. The molecule has 0 unspecified atom stereocenters. The van der Waals surface area contributed by atoms with Gasteiger partial charge in [0.2, 0.25) is 5.91 Å². The molecular weight excluding hydrogens is 302 g/mol. The van der Waals surface area contributed by atoms with Crippen molar-refractivity contribution < 1.29 is 9.90 Å². The Morgan fingerprint density at radius 3 is 2.33 bits per heavy atom. The minimum Gasteiger partial charge on any atom is -0.395 e. The number of benzene rings is 1. The van der Waals surface area contributed by atoms with Gasteiger partial charge < -0.3 is 20.2 Å². The zero-order valence-electron chi connectivity index (χ0n) is 15.4. The SMILES string of the molecule is CN(CCO)c1ccc(NC2CCN(C(=O)C(C)(C)C)CC2)cc1. The molecule has 24 heavy (non-hydrogen) atoms. The normalized spacial score (nSPS) is 16.1. The number of carbonyl (C=O) groups excluding carboxylic acids is 1. The molecule has 5 nitrogen and oxygen atoms in total. The second-order valence-corrected chi connectivity index (χ2v) is 7.65. The van der Waals surface area contributed by atoms with Crippen LogP contribution in [0.2, 0.25) is 0 Å². The zero-order chi connectivity index (χ0) is 17.7. The average molecular weight is 333 g/mol. The lowest BCUT2D eigenvalue weighted by atomic mass is 9.93. The van der Waals surface area contributed by atoms with Crippen LogP contribution in [0.25, 0.3) is 0 Å². The first-order chi connectivity index (χ1) is 11.3. The van der Waals surface area contributed by atoms with Gasteiger partial charge in [-0.05, 0) is 37.1 Å². The second kappa shape index (κ2) is 7.88. The van der Waals surface area contributed by atoms with E-state index < -0.39 is 0 Å². The van der Waals surface area contributed by atoms with Crippen LogP contribution in [0, 0.1) is 5.41 Å². The standard InChI is InChI=1S/C19H31N3O2/c1-19(2,3)18(24)22-11-9-16(10-12-22)20-15-5-7-17(8-6-15)21(4)13-14-23/h5-8,16,20,23H,9-14H2,1-4H3. The fourth-order valence-electron chi connectivity index (χ4n) is 3.03. The lowest BCUT2D eigenvalue weighted by Crippen LogP contribution is -2.46. The lowest BCUT2D eigenvalue weighted by molar-refractivity contribution is -0.140. The van der Waals surface area contributed by atoms with E-state index in [9.17, 15) is 4.79 Å². The van der Waals surface area contributed by atoms with E-state index in [1.165, 1.54) is 0 Å². The molecule has 0 bridgehead atoms. The van der Waals surface area contributed by atoms with Crippen molar-refractivity contribution in [2.75, 3.05) is 43.5 Å². The third kappa shape index (κ3) is 4.87. The molecule has 1 aliphatic rings. The molecule has 1 aromatic carbocycles. The number of likely N-dealkylation sites (N-methyl/N-ethyl adjacent to an activating group) is 1. The van der Waals surface area contributed by atoms with Crippen molar-refractivity contribution in [2.24, 2.45) is 5.41 Å². The smallest absolute Gasteiger partial charge is 0.227 e. The fraction of sp³-hybridized carbons (Fsp3) is 0.632. The number of hydrogen-bond donors (Lipinski definition) is 2. The Balaban J connectivity index is 1.85. The molecule has 2 rings (SSSR count). The molecule has 1 heterocycles. The summed E-state index contributed by atoms with van der Waals surface area (Å²) < 4.78 is 0. The van der Waals surface area contributed by atoms with Gasteiger partial charge in [0.15, 0.2) is 0 Å². The quantitative estimate of drug-likeness (QED) is 0.869. The molecule has 1 amide bonds. The van der Waals surface area contributed by atoms with Gasteiger partial charge in [0.25, 0.3) is 0 Å². The van der Waals surface area contributed by atoms with Gasteiger partial charge in [-0.25, -0.2) is 0 Å². The van der Waals surface area contributed by atoms with Crippen LogP contribution in [0.5, 0.6) is 0 Å². The molecule has 0 atom stereocenters. The molecule has 0 spiro atoms. The number of hydrogen-bond acceptors (Lipinski definition) is 4. The number of nitrogens with zero attached hydrogens (tertiary/aromatic N) is 2. The highest BCUT2D eigenvalue weighted by atomic mass is 16.3. The molecular formula is C19H31N3O2. The van der Waals surface area contributed by atoms with Crippen LogP contribution in [0.15, 0.2) is 24.3 Å².